The number of rotatable bonds is 6. The molecule has 0 amide bonds. The lowest BCUT2D eigenvalue weighted by molar-refractivity contribution is 0.0643. The van der Waals surface area contributed by atoms with Crippen molar-refractivity contribution in [2.75, 3.05) is 12.5 Å². The summed E-state index contributed by atoms with van der Waals surface area (Å²) in [6.45, 7) is 5.53. The third-order valence-electron chi connectivity index (χ3n) is 3.00. The molecule has 19 heavy (non-hydrogen) atoms. The van der Waals surface area contributed by atoms with E-state index in [-0.39, 0.29) is 6.10 Å². The van der Waals surface area contributed by atoms with Crippen molar-refractivity contribution in [1.29, 1.82) is 0 Å². The molecule has 2 aromatic rings. The van der Waals surface area contributed by atoms with Gasteiger partial charge in [0.1, 0.15) is 5.82 Å². The highest BCUT2D eigenvalue weighted by Crippen LogP contribution is 2.22. The van der Waals surface area contributed by atoms with Crippen molar-refractivity contribution in [2.45, 2.75) is 32.9 Å². The van der Waals surface area contributed by atoms with Crippen LogP contribution in [0.5, 0.6) is 0 Å². The fraction of sp³-hybridized carbons (Fsp3) is 0.500. The van der Waals surface area contributed by atoms with Gasteiger partial charge in [-0.2, -0.15) is 0 Å². The normalized spacial score (nSPS) is 13.1. The number of imidazole rings is 1. The number of fused-ring (bicyclic) bond motifs is 1. The van der Waals surface area contributed by atoms with Crippen molar-refractivity contribution in [1.82, 2.24) is 9.55 Å². The fourth-order valence-corrected chi connectivity index (χ4v) is 2.55. The van der Waals surface area contributed by atoms with Crippen LogP contribution in [0.15, 0.2) is 18.2 Å². The number of benzene rings is 1. The Morgan fingerprint density at radius 3 is 2.89 bits per heavy atom. The van der Waals surface area contributed by atoms with Crippen molar-refractivity contribution >= 4 is 34.2 Å². The first kappa shape index (κ1) is 14.6. The lowest BCUT2D eigenvalue weighted by atomic mass is 10.3. The average Bonchev–Trinajstić information content (AvgIpc) is 2.68. The van der Waals surface area contributed by atoms with E-state index >= 15 is 0 Å². The maximum absolute atomic E-state index is 6.08. The van der Waals surface area contributed by atoms with E-state index in [0.717, 1.165) is 34.8 Å². The number of halogens is 2. The highest BCUT2D eigenvalue weighted by molar-refractivity contribution is 6.31. The molecule has 0 fully saturated rings. The first-order valence-electron chi connectivity index (χ1n) is 6.48. The summed E-state index contributed by atoms with van der Waals surface area (Å²) in [6, 6.07) is 5.75. The lowest BCUT2D eigenvalue weighted by Gasteiger charge is -2.15. The Kier molecular flexibility index (Phi) is 5.08. The molecule has 1 unspecified atom stereocenters. The SMILES string of the molecule is CCOC(C)Cn1c(CCCl)nc2ccc(Cl)cc21. The summed E-state index contributed by atoms with van der Waals surface area (Å²) < 4.78 is 7.77. The molecule has 0 saturated carbocycles. The Balaban J connectivity index is 2.41. The van der Waals surface area contributed by atoms with Crippen LogP contribution in [0.4, 0.5) is 0 Å². The van der Waals surface area contributed by atoms with Gasteiger partial charge in [0.2, 0.25) is 0 Å². The maximum atomic E-state index is 6.08. The van der Waals surface area contributed by atoms with Gasteiger partial charge in [0.05, 0.1) is 23.7 Å². The number of aryl methyl sites for hydroxylation is 1. The standard InChI is InChI=1S/C14H18Cl2N2O/c1-3-19-10(2)9-18-13-8-11(16)4-5-12(13)17-14(18)6-7-15/h4-5,8,10H,3,6-7,9H2,1-2H3. The molecule has 0 spiro atoms. The Labute approximate surface area is 123 Å². The molecule has 1 aromatic heterocycles. The minimum Gasteiger partial charge on any atom is -0.377 e. The molecule has 0 aliphatic heterocycles. The van der Waals surface area contributed by atoms with E-state index in [0.29, 0.717) is 12.5 Å². The van der Waals surface area contributed by atoms with Crippen LogP contribution in [0.3, 0.4) is 0 Å². The molecule has 0 bridgehead atoms. The molecule has 0 saturated heterocycles. The summed E-state index contributed by atoms with van der Waals surface area (Å²) >= 11 is 11.9. The van der Waals surface area contributed by atoms with E-state index in [1.165, 1.54) is 0 Å². The molecule has 1 aromatic carbocycles. The molecule has 3 nitrogen and oxygen atoms in total. The second-order valence-corrected chi connectivity index (χ2v) is 5.29. The maximum Gasteiger partial charge on any atom is 0.111 e. The molecule has 0 aliphatic rings. The van der Waals surface area contributed by atoms with Crippen LogP contribution in [0.1, 0.15) is 19.7 Å². The predicted molar refractivity (Wildman–Crippen MR) is 80.3 cm³/mol. The van der Waals surface area contributed by atoms with Gasteiger partial charge in [-0.25, -0.2) is 4.98 Å². The number of ether oxygens (including phenoxy) is 1. The fourth-order valence-electron chi connectivity index (χ4n) is 2.22. The third-order valence-corrected chi connectivity index (χ3v) is 3.42. The lowest BCUT2D eigenvalue weighted by Crippen LogP contribution is -2.18. The number of nitrogens with zero attached hydrogens (tertiary/aromatic N) is 2. The highest BCUT2D eigenvalue weighted by Gasteiger charge is 2.13. The topological polar surface area (TPSA) is 27.1 Å². The average molecular weight is 301 g/mol. The van der Waals surface area contributed by atoms with Crippen molar-refractivity contribution in [3.8, 4) is 0 Å². The molecule has 104 valence electrons. The van der Waals surface area contributed by atoms with E-state index in [1.54, 1.807) is 0 Å². The van der Waals surface area contributed by atoms with Crippen molar-refractivity contribution in [3.05, 3.63) is 29.0 Å². The van der Waals surface area contributed by atoms with E-state index in [9.17, 15) is 0 Å². The predicted octanol–water partition coefficient (Wildman–Crippen LogP) is 3.90. The Morgan fingerprint density at radius 2 is 2.21 bits per heavy atom. The van der Waals surface area contributed by atoms with Crippen LogP contribution in [0, 0.1) is 0 Å². The summed E-state index contributed by atoms with van der Waals surface area (Å²) in [5.74, 6) is 1.54. The number of alkyl halides is 1. The number of hydrogen-bond donors (Lipinski definition) is 0. The Morgan fingerprint density at radius 1 is 1.42 bits per heavy atom. The van der Waals surface area contributed by atoms with Crippen LogP contribution in [0.2, 0.25) is 5.02 Å². The minimum absolute atomic E-state index is 0.135. The summed E-state index contributed by atoms with van der Waals surface area (Å²) in [4.78, 5) is 4.62. The molecule has 1 atom stereocenters. The van der Waals surface area contributed by atoms with Gasteiger partial charge in [0.15, 0.2) is 0 Å². The van der Waals surface area contributed by atoms with Crippen LogP contribution < -0.4 is 0 Å². The molecule has 2 rings (SSSR count). The third kappa shape index (κ3) is 3.41. The van der Waals surface area contributed by atoms with E-state index in [4.69, 9.17) is 27.9 Å². The van der Waals surface area contributed by atoms with Gasteiger partial charge < -0.3 is 9.30 Å². The summed E-state index contributed by atoms with van der Waals surface area (Å²) in [5.41, 5.74) is 1.99. The quantitative estimate of drug-likeness (QED) is 0.757. The largest absolute Gasteiger partial charge is 0.377 e. The zero-order valence-electron chi connectivity index (χ0n) is 11.2. The Bertz CT molecular complexity index is 554. The molecule has 0 N–H and O–H groups in total. The van der Waals surface area contributed by atoms with Gasteiger partial charge in [-0.15, -0.1) is 11.6 Å². The van der Waals surface area contributed by atoms with Crippen molar-refractivity contribution in [2.24, 2.45) is 0 Å². The smallest absolute Gasteiger partial charge is 0.111 e. The summed E-state index contributed by atoms with van der Waals surface area (Å²) in [7, 11) is 0. The molecule has 0 aliphatic carbocycles. The van der Waals surface area contributed by atoms with E-state index in [1.807, 2.05) is 25.1 Å². The highest BCUT2D eigenvalue weighted by atomic mass is 35.5. The van der Waals surface area contributed by atoms with Gasteiger partial charge in [-0.3, -0.25) is 0 Å². The minimum atomic E-state index is 0.135. The molecular formula is C14H18Cl2N2O. The zero-order chi connectivity index (χ0) is 13.8. The summed E-state index contributed by atoms with van der Waals surface area (Å²) in [5, 5.41) is 0.718. The first-order valence-corrected chi connectivity index (χ1v) is 7.39. The van der Waals surface area contributed by atoms with Crippen LogP contribution >= 0.6 is 23.2 Å². The monoisotopic (exact) mass is 300 g/mol. The molecule has 5 heteroatoms. The molecular weight excluding hydrogens is 283 g/mol. The van der Waals surface area contributed by atoms with Gasteiger partial charge in [0, 0.05) is 23.9 Å². The number of aromatic nitrogens is 2. The molecule has 1 heterocycles. The van der Waals surface area contributed by atoms with E-state index < -0.39 is 0 Å². The number of hydrogen-bond acceptors (Lipinski definition) is 2. The zero-order valence-corrected chi connectivity index (χ0v) is 12.7. The van der Waals surface area contributed by atoms with Gasteiger partial charge in [0.25, 0.3) is 0 Å². The van der Waals surface area contributed by atoms with Gasteiger partial charge >= 0.3 is 0 Å². The van der Waals surface area contributed by atoms with Crippen LogP contribution in [0.25, 0.3) is 11.0 Å². The first-order chi connectivity index (χ1) is 9.15. The van der Waals surface area contributed by atoms with Crippen molar-refractivity contribution in [3.63, 3.8) is 0 Å². The Hall–Kier alpha value is -0.770. The van der Waals surface area contributed by atoms with Crippen LogP contribution in [-0.4, -0.2) is 28.1 Å². The van der Waals surface area contributed by atoms with Gasteiger partial charge in [-0.1, -0.05) is 11.6 Å². The van der Waals surface area contributed by atoms with E-state index in [2.05, 4.69) is 16.5 Å². The van der Waals surface area contributed by atoms with Gasteiger partial charge in [-0.05, 0) is 32.0 Å². The second kappa shape index (κ2) is 6.60. The molecule has 0 radical (unpaired) electrons. The summed E-state index contributed by atoms with van der Waals surface area (Å²) in [6.07, 6.45) is 0.877. The van der Waals surface area contributed by atoms with Crippen LogP contribution in [-0.2, 0) is 17.7 Å². The van der Waals surface area contributed by atoms with Crippen molar-refractivity contribution < 1.29 is 4.74 Å². The second-order valence-electron chi connectivity index (χ2n) is 4.48.